The minimum atomic E-state index is 0.195. The second-order valence-electron chi connectivity index (χ2n) is 6.70. The summed E-state index contributed by atoms with van der Waals surface area (Å²) in [5, 5.41) is 8.11. The highest BCUT2D eigenvalue weighted by atomic mass is 16.6. The van der Waals surface area contributed by atoms with E-state index in [4.69, 9.17) is 14.2 Å². The van der Waals surface area contributed by atoms with Gasteiger partial charge in [0.05, 0.1) is 18.4 Å². The predicted octanol–water partition coefficient (Wildman–Crippen LogP) is 3.00. The van der Waals surface area contributed by atoms with E-state index in [-0.39, 0.29) is 6.04 Å². The number of nitrogens with one attached hydrogen (secondary N) is 1. The summed E-state index contributed by atoms with van der Waals surface area (Å²) in [6, 6.07) is 6.38. The van der Waals surface area contributed by atoms with Gasteiger partial charge in [0.15, 0.2) is 11.5 Å². The van der Waals surface area contributed by atoms with E-state index in [1.54, 1.807) is 11.8 Å². The lowest BCUT2D eigenvalue weighted by atomic mass is 9.95. The van der Waals surface area contributed by atoms with Gasteiger partial charge in [-0.05, 0) is 30.5 Å². The number of ether oxygens (including phenoxy) is 3. The van der Waals surface area contributed by atoms with Gasteiger partial charge in [0.25, 0.3) is 0 Å². The van der Waals surface area contributed by atoms with Gasteiger partial charge in [-0.25, -0.2) is 4.68 Å². The van der Waals surface area contributed by atoms with Gasteiger partial charge in [-0.3, -0.25) is 0 Å². The Morgan fingerprint density at radius 3 is 2.64 bits per heavy atom. The lowest BCUT2D eigenvalue weighted by Crippen LogP contribution is -2.26. The maximum absolute atomic E-state index is 5.73. The van der Waals surface area contributed by atoms with Crippen LogP contribution < -0.4 is 19.5 Å². The van der Waals surface area contributed by atoms with Gasteiger partial charge in [-0.15, -0.1) is 0 Å². The van der Waals surface area contributed by atoms with E-state index in [9.17, 15) is 0 Å². The molecular formula is C19H27N3O3. The summed E-state index contributed by atoms with van der Waals surface area (Å²) in [5.41, 5.74) is 3.27. The molecule has 2 heterocycles. The van der Waals surface area contributed by atoms with Crippen molar-refractivity contribution in [2.24, 2.45) is 13.0 Å². The first-order chi connectivity index (χ1) is 12.0. The Morgan fingerprint density at radius 2 is 1.96 bits per heavy atom. The Labute approximate surface area is 149 Å². The first-order valence-corrected chi connectivity index (χ1v) is 8.70. The molecule has 1 aliphatic heterocycles. The fourth-order valence-corrected chi connectivity index (χ4v) is 3.34. The van der Waals surface area contributed by atoms with Crippen LogP contribution in [0.1, 0.15) is 36.7 Å². The van der Waals surface area contributed by atoms with Crippen LogP contribution in [0.15, 0.2) is 18.2 Å². The van der Waals surface area contributed by atoms with Crippen LogP contribution >= 0.6 is 0 Å². The summed E-state index contributed by atoms with van der Waals surface area (Å²) < 4.78 is 18.6. The van der Waals surface area contributed by atoms with Gasteiger partial charge in [0.1, 0.15) is 13.2 Å². The van der Waals surface area contributed by atoms with Crippen LogP contribution in [-0.2, 0) is 13.6 Å². The van der Waals surface area contributed by atoms with E-state index in [0.29, 0.717) is 25.7 Å². The third-order valence-corrected chi connectivity index (χ3v) is 4.57. The lowest BCUT2D eigenvalue weighted by Gasteiger charge is -2.25. The Hall–Kier alpha value is -2.21. The normalized spacial score (nSPS) is 14.6. The third-order valence-electron chi connectivity index (χ3n) is 4.57. The molecule has 0 aliphatic carbocycles. The van der Waals surface area contributed by atoms with E-state index in [0.717, 1.165) is 28.6 Å². The largest absolute Gasteiger partial charge is 0.486 e. The monoisotopic (exact) mass is 345 g/mol. The van der Waals surface area contributed by atoms with Crippen molar-refractivity contribution in [2.75, 3.05) is 20.3 Å². The SMILES string of the molecule is COc1c(CN[C@@H](c2ccc3c(c2)OCCO3)C(C)C)c(C)nn1C. The Kier molecular flexibility index (Phi) is 5.18. The molecule has 6 nitrogen and oxygen atoms in total. The molecule has 0 radical (unpaired) electrons. The molecule has 1 atom stereocenters. The Bertz CT molecular complexity index is 740. The molecule has 0 saturated carbocycles. The Morgan fingerprint density at radius 1 is 1.24 bits per heavy atom. The maximum Gasteiger partial charge on any atom is 0.216 e. The second kappa shape index (κ2) is 7.35. The smallest absolute Gasteiger partial charge is 0.216 e. The molecule has 2 aromatic rings. The predicted molar refractivity (Wildman–Crippen MR) is 96.3 cm³/mol. The zero-order valence-electron chi connectivity index (χ0n) is 15.6. The number of hydrogen-bond acceptors (Lipinski definition) is 5. The zero-order chi connectivity index (χ0) is 18.0. The van der Waals surface area contributed by atoms with Crippen molar-refractivity contribution in [2.45, 2.75) is 33.4 Å². The Balaban J connectivity index is 1.81. The van der Waals surface area contributed by atoms with Gasteiger partial charge < -0.3 is 19.5 Å². The van der Waals surface area contributed by atoms with Crippen LogP contribution in [0.5, 0.6) is 17.4 Å². The molecule has 0 fully saturated rings. The quantitative estimate of drug-likeness (QED) is 0.872. The van der Waals surface area contributed by atoms with Crippen molar-refractivity contribution >= 4 is 0 Å². The van der Waals surface area contributed by atoms with Crippen molar-refractivity contribution in [3.05, 3.63) is 35.0 Å². The first-order valence-electron chi connectivity index (χ1n) is 8.70. The fraction of sp³-hybridized carbons (Fsp3) is 0.526. The fourth-order valence-electron chi connectivity index (χ4n) is 3.34. The number of aryl methyl sites for hydroxylation is 2. The zero-order valence-corrected chi connectivity index (χ0v) is 15.6. The van der Waals surface area contributed by atoms with Crippen LogP contribution in [0.25, 0.3) is 0 Å². The molecule has 0 unspecified atom stereocenters. The first kappa shape index (κ1) is 17.6. The molecule has 0 spiro atoms. The minimum Gasteiger partial charge on any atom is -0.486 e. The molecule has 1 aromatic heterocycles. The number of nitrogens with zero attached hydrogens (tertiary/aromatic N) is 2. The molecule has 6 heteroatoms. The van der Waals surface area contributed by atoms with E-state index in [1.807, 2.05) is 20.0 Å². The molecule has 0 bridgehead atoms. The topological polar surface area (TPSA) is 57.5 Å². The van der Waals surface area contributed by atoms with Crippen molar-refractivity contribution in [1.82, 2.24) is 15.1 Å². The summed E-state index contributed by atoms with van der Waals surface area (Å²) >= 11 is 0. The van der Waals surface area contributed by atoms with Crippen LogP contribution in [0.3, 0.4) is 0 Å². The van der Waals surface area contributed by atoms with Crippen LogP contribution in [0.4, 0.5) is 0 Å². The minimum absolute atomic E-state index is 0.195. The molecule has 0 amide bonds. The lowest BCUT2D eigenvalue weighted by molar-refractivity contribution is 0.171. The molecule has 1 N–H and O–H groups in total. The average Bonchev–Trinajstić information content (AvgIpc) is 2.87. The average molecular weight is 345 g/mol. The summed E-state index contributed by atoms with van der Waals surface area (Å²) in [7, 11) is 3.58. The van der Waals surface area contributed by atoms with Crippen LogP contribution in [-0.4, -0.2) is 30.1 Å². The number of rotatable bonds is 6. The summed E-state index contributed by atoms with van der Waals surface area (Å²) in [6.45, 7) is 8.33. The molecule has 1 aromatic carbocycles. The maximum atomic E-state index is 5.73. The number of fused-ring (bicyclic) bond motifs is 1. The van der Waals surface area contributed by atoms with Crippen LogP contribution in [0, 0.1) is 12.8 Å². The summed E-state index contributed by atoms with van der Waals surface area (Å²) in [4.78, 5) is 0. The van der Waals surface area contributed by atoms with Gasteiger partial charge in [-0.1, -0.05) is 19.9 Å². The molecule has 25 heavy (non-hydrogen) atoms. The van der Waals surface area contributed by atoms with E-state index in [1.165, 1.54) is 5.56 Å². The molecule has 1 aliphatic rings. The number of benzene rings is 1. The number of methoxy groups -OCH3 is 1. The van der Waals surface area contributed by atoms with E-state index < -0.39 is 0 Å². The van der Waals surface area contributed by atoms with Gasteiger partial charge in [-0.2, -0.15) is 5.10 Å². The van der Waals surface area contributed by atoms with E-state index >= 15 is 0 Å². The standard InChI is InChI=1S/C19H27N3O3/c1-12(2)18(14-6-7-16-17(10-14)25-9-8-24-16)20-11-15-13(3)21-22(4)19(15)23-5/h6-7,10,12,18,20H,8-9,11H2,1-5H3/t18-/m1/s1. The van der Waals surface area contributed by atoms with E-state index in [2.05, 4.69) is 36.4 Å². The molecular weight excluding hydrogens is 318 g/mol. The summed E-state index contributed by atoms with van der Waals surface area (Å²) in [6.07, 6.45) is 0. The number of hydrogen-bond donors (Lipinski definition) is 1. The van der Waals surface area contributed by atoms with Crippen molar-refractivity contribution < 1.29 is 14.2 Å². The van der Waals surface area contributed by atoms with Crippen LogP contribution in [0.2, 0.25) is 0 Å². The molecule has 3 rings (SSSR count). The van der Waals surface area contributed by atoms with Gasteiger partial charge in [0.2, 0.25) is 5.88 Å². The molecule has 136 valence electrons. The number of aromatic nitrogens is 2. The highest BCUT2D eigenvalue weighted by molar-refractivity contribution is 5.45. The van der Waals surface area contributed by atoms with Crippen molar-refractivity contribution in [1.29, 1.82) is 0 Å². The second-order valence-corrected chi connectivity index (χ2v) is 6.70. The van der Waals surface area contributed by atoms with Gasteiger partial charge >= 0.3 is 0 Å². The summed E-state index contributed by atoms with van der Waals surface area (Å²) in [5.74, 6) is 2.87. The van der Waals surface area contributed by atoms with Crippen molar-refractivity contribution in [3.8, 4) is 17.4 Å². The highest BCUT2D eigenvalue weighted by Crippen LogP contribution is 2.34. The van der Waals surface area contributed by atoms with Crippen molar-refractivity contribution in [3.63, 3.8) is 0 Å². The molecule has 0 saturated heterocycles. The van der Waals surface area contributed by atoms with Gasteiger partial charge in [0, 0.05) is 19.6 Å². The third kappa shape index (κ3) is 3.58. The highest BCUT2D eigenvalue weighted by Gasteiger charge is 2.21.